The number of carbonyl (C=O) groups is 1. The van der Waals surface area contributed by atoms with Crippen LogP contribution in [0.2, 0.25) is 0 Å². The summed E-state index contributed by atoms with van der Waals surface area (Å²) in [6, 6.07) is -0.129. The van der Waals surface area contributed by atoms with E-state index >= 15 is 0 Å². The van der Waals surface area contributed by atoms with Gasteiger partial charge in [0.15, 0.2) is 0 Å². The molecule has 0 aliphatic carbocycles. The number of aliphatic hydroxyl groups excluding tert-OH is 1. The highest BCUT2D eigenvalue weighted by Gasteiger charge is 2.32. The third-order valence-corrected chi connectivity index (χ3v) is 3.16. The SMILES string of the molecule is O=C(Nc1cc(C(F)(F)F)c[nH]c1=O)N1CCCC(O)C1. The molecule has 1 aromatic heterocycles. The van der Waals surface area contributed by atoms with Crippen LogP contribution in [0, 0.1) is 0 Å². The molecule has 3 N–H and O–H groups in total. The summed E-state index contributed by atoms with van der Waals surface area (Å²) in [4.78, 5) is 26.6. The fourth-order valence-corrected chi connectivity index (χ4v) is 2.07. The third-order valence-electron chi connectivity index (χ3n) is 3.16. The van der Waals surface area contributed by atoms with Crippen LogP contribution in [-0.2, 0) is 6.18 Å². The summed E-state index contributed by atoms with van der Waals surface area (Å²) in [5, 5.41) is 11.6. The average molecular weight is 305 g/mol. The number of halogens is 3. The van der Waals surface area contributed by atoms with E-state index in [0.717, 1.165) is 0 Å². The lowest BCUT2D eigenvalue weighted by Crippen LogP contribution is -2.44. The predicted molar refractivity (Wildman–Crippen MR) is 67.9 cm³/mol. The smallest absolute Gasteiger partial charge is 0.391 e. The molecule has 1 saturated heterocycles. The molecule has 2 heterocycles. The quantitative estimate of drug-likeness (QED) is 0.733. The molecule has 0 radical (unpaired) electrons. The van der Waals surface area contributed by atoms with Gasteiger partial charge in [0.1, 0.15) is 5.69 Å². The molecule has 1 aliphatic heterocycles. The molecule has 0 spiro atoms. The molecular formula is C12H14F3N3O3. The molecule has 2 rings (SSSR count). The number of H-pyrrole nitrogens is 1. The largest absolute Gasteiger partial charge is 0.417 e. The molecule has 1 unspecified atom stereocenters. The topological polar surface area (TPSA) is 85.4 Å². The summed E-state index contributed by atoms with van der Waals surface area (Å²) in [6.07, 6.45) is -3.58. The molecule has 21 heavy (non-hydrogen) atoms. The van der Waals surface area contributed by atoms with Crippen LogP contribution in [0.4, 0.5) is 23.7 Å². The molecule has 1 fully saturated rings. The summed E-state index contributed by atoms with van der Waals surface area (Å²) in [5.74, 6) is 0. The molecule has 0 bridgehead atoms. The number of hydrogen-bond donors (Lipinski definition) is 3. The van der Waals surface area contributed by atoms with Gasteiger partial charge in [-0.1, -0.05) is 0 Å². The first-order valence-electron chi connectivity index (χ1n) is 6.31. The van der Waals surface area contributed by atoms with Crippen LogP contribution in [0.15, 0.2) is 17.1 Å². The van der Waals surface area contributed by atoms with Crippen LogP contribution in [0.25, 0.3) is 0 Å². The van der Waals surface area contributed by atoms with Crippen molar-refractivity contribution >= 4 is 11.7 Å². The van der Waals surface area contributed by atoms with Gasteiger partial charge in [-0.3, -0.25) is 4.79 Å². The number of urea groups is 1. The van der Waals surface area contributed by atoms with Gasteiger partial charge in [-0.2, -0.15) is 13.2 Å². The Labute approximate surface area is 117 Å². The number of carbonyl (C=O) groups excluding carboxylic acids is 1. The minimum absolute atomic E-state index is 0.0860. The van der Waals surface area contributed by atoms with E-state index in [4.69, 9.17) is 0 Å². The first-order chi connectivity index (χ1) is 9.77. The predicted octanol–water partition coefficient (Wildman–Crippen LogP) is 1.38. The number of aliphatic hydroxyl groups is 1. The maximum absolute atomic E-state index is 12.6. The highest BCUT2D eigenvalue weighted by molar-refractivity contribution is 5.89. The van der Waals surface area contributed by atoms with Crippen molar-refractivity contribution in [2.75, 3.05) is 18.4 Å². The van der Waals surface area contributed by atoms with Crippen LogP contribution in [-0.4, -0.2) is 40.2 Å². The van der Waals surface area contributed by atoms with Crippen LogP contribution >= 0.6 is 0 Å². The number of β-amino-alcohol motifs (C(OH)–C–C–N with tert-alkyl or cyclic N) is 1. The maximum Gasteiger partial charge on any atom is 0.417 e. The van der Waals surface area contributed by atoms with Gasteiger partial charge in [-0.25, -0.2) is 4.79 Å². The van der Waals surface area contributed by atoms with Crippen molar-refractivity contribution in [3.63, 3.8) is 0 Å². The van der Waals surface area contributed by atoms with Gasteiger partial charge in [0.2, 0.25) is 0 Å². The summed E-state index contributed by atoms with van der Waals surface area (Å²) in [5.41, 5.74) is -2.36. The van der Waals surface area contributed by atoms with Crippen molar-refractivity contribution in [2.24, 2.45) is 0 Å². The van der Waals surface area contributed by atoms with Crippen LogP contribution in [0.5, 0.6) is 0 Å². The molecular weight excluding hydrogens is 291 g/mol. The molecule has 0 saturated carbocycles. The Morgan fingerprint density at radius 1 is 1.48 bits per heavy atom. The molecule has 1 aromatic rings. The number of likely N-dealkylation sites (tertiary alicyclic amines) is 1. The number of alkyl halides is 3. The summed E-state index contributed by atoms with van der Waals surface area (Å²) in [7, 11) is 0. The highest BCUT2D eigenvalue weighted by Crippen LogP contribution is 2.29. The number of aromatic amines is 1. The number of amides is 2. The van der Waals surface area contributed by atoms with Crippen LogP contribution < -0.4 is 10.9 Å². The normalized spacial score (nSPS) is 19.4. The second kappa shape index (κ2) is 5.76. The van der Waals surface area contributed by atoms with Gasteiger partial charge in [0.05, 0.1) is 11.7 Å². The Kier molecular flexibility index (Phi) is 4.21. The van der Waals surface area contributed by atoms with E-state index in [1.165, 1.54) is 4.90 Å². The van der Waals surface area contributed by atoms with E-state index in [-0.39, 0.29) is 6.54 Å². The van der Waals surface area contributed by atoms with Gasteiger partial charge in [-0.05, 0) is 18.9 Å². The second-order valence-electron chi connectivity index (χ2n) is 4.80. The van der Waals surface area contributed by atoms with Crippen molar-refractivity contribution in [2.45, 2.75) is 25.1 Å². The molecule has 116 valence electrons. The fraction of sp³-hybridized carbons (Fsp3) is 0.500. The fourth-order valence-electron chi connectivity index (χ4n) is 2.07. The number of anilines is 1. The van der Waals surface area contributed by atoms with E-state index < -0.39 is 35.1 Å². The molecule has 2 amide bonds. The van der Waals surface area contributed by atoms with Crippen molar-refractivity contribution < 1.29 is 23.1 Å². The zero-order valence-electron chi connectivity index (χ0n) is 10.9. The molecule has 1 atom stereocenters. The van der Waals surface area contributed by atoms with Gasteiger partial charge < -0.3 is 20.3 Å². The minimum Gasteiger partial charge on any atom is -0.391 e. The number of hydrogen-bond acceptors (Lipinski definition) is 3. The molecule has 0 aromatic carbocycles. The lowest BCUT2D eigenvalue weighted by molar-refractivity contribution is -0.137. The number of nitrogens with zero attached hydrogens (tertiary/aromatic N) is 1. The van der Waals surface area contributed by atoms with Crippen molar-refractivity contribution in [1.82, 2.24) is 9.88 Å². The van der Waals surface area contributed by atoms with E-state index in [9.17, 15) is 27.9 Å². The van der Waals surface area contributed by atoms with Crippen LogP contribution in [0.3, 0.4) is 0 Å². The summed E-state index contributed by atoms with van der Waals surface area (Å²) < 4.78 is 37.7. The Bertz CT molecular complexity index is 585. The number of pyridine rings is 1. The van der Waals surface area contributed by atoms with Crippen molar-refractivity contribution in [3.05, 3.63) is 28.2 Å². The standard InChI is InChI=1S/C12H14F3N3O3/c13-12(14,15)7-4-9(10(20)16-5-7)17-11(21)18-3-1-2-8(19)6-18/h4-5,8,19H,1-3,6H2,(H,16,20)(H,17,21). The van der Waals surface area contributed by atoms with Crippen LogP contribution in [0.1, 0.15) is 18.4 Å². The van der Waals surface area contributed by atoms with Gasteiger partial charge in [0.25, 0.3) is 5.56 Å². The molecule has 6 nitrogen and oxygen atoms in total. The summed E-state index contributed by atoms with van der Waals surface area (Å²) in [6.45, 7) is 0.461. The lowest BCUT2D eigenvalue weighted by atomic mass is 10.1. The monoisotopic (exact) mass is 305 g/mol. The van der Waals surface area contributed by atoms with E-state index in [1.54, 1.807) is 0 Å². The number of aromatic nitrogens is 1. The Hall–Kier alpha value is -2.03. The summed E-state index contributed by atoms with van der Waals surface area (Å²) >= 11 is 0. The average Bonchev–Trinajstić information content (AvgIpc) is 2.40. The van der Waals surface area contributed by atoms with E-state index in [0.29, 0.717) is 31.6 Å². The first kappa shape index (κ1) is 15.4. The van der Waals surface area contributed by atoms with Crippen molar-refractivity contribution in [1.29, 1.82) is 0 Å². The molecule has 9 heteroatoms. The maximum atomic E-state index is 12.6. The lowest BCUT2D eigenvalue weighted by Gasteiger charge is -2.30. The highest BCUT2D eigenvalue weighted by atomic mass is 19.4. The third kappa shape index (κ3) is 3.75. The number of nitrogens with one attached hydrogen (secondary N) is 2. The Morgan fingerprint density at radius 2 is 2.19 bits per heavy atom. The van der Waals surface area contributed by atoms with E-state index in [1.807, 2.05) is 4.98 Å². The number of rotatable bonds is 1. The second-order valence-corrected chi connectivity index (χ2v) is 4.80. The number of piperidine rings is 1. The van der Waals surface area contributed by atoms with Gasteiger partial charge >= 0.3 is 12.2 Å². The zero-order chi connectivity index (χ0) is 15.6. The Balaban J connectivity index is 2.15. The van der Waals surface area contributed by atoms with E-state index in [2.05, 4.69) is 5.32 Å². The first-order valence-corrected chi connectivity index (χ1v) is 6.31. The van der Waals surface area contributed by atoms with Crippen molar-refractivity contribution in [3.8, 4) is 0 Å². The van der Waals surface area contributed by atoms with Gasteiger partial charge in [-0.15, -0.1) is 0 Å². The minimum atomic E-state index is -4.62. The van der Waals surface area contributed by atoms with Gasteiger partial charge in [0, 0.05) is 19.3 Å². The molecule has 1 aliphatic rings. The Morgan fingerprint density at radius 3 is 2.81 bits per heavy atom. The zero-order valence-corrected chi connectivity index (χ0v) is 10.9.